The Morgan fingerprint density at radius 3 is 1.23 bits per heavy atom. The van der Waals surface area contributed by atoms with Crippen molar-refractivity contribution in [2.45, 2.75) is 89.4 Å². The Kier molecular flexibility index (Phi) is 10.7. The molecular weight excluding hydrogens is 749 g/mol. The maximum atomic E-state index is 4.01. The van der Waals surface area contributed by atoms with Crippen LogP contribution in [0.2, 0.25) is 0 Å². The zero-order valence-electron chi connectivity index (χ0n) is 36.9. The Morgan fingerprint density at radius 1 is 0.484 bits per heavy atom. The molecule has 11 rings (SSSR count). The van der Waals surface area contributed by atoms with Crippen LogP contribution in [0.3, 0.4) is 0 Å². The number of hydrogen-bond donors (Lipinski definition) is 0. The Hall–Kier alpha value is -6.12. The van der Waals surface area contributed by atoms with E-state index >= 15 is 0 Å². The van der Waals surface area contributed by atoms with Crippen molar-refractivity contribution in [1.82, 2.24) is 0 Å². The lowest BCUT2D eigenvalue weighted by Gasteiger charge is -2.63. The molecule has 310 valence electrons. The van der Waals surface area contributed by atoms with Gasteiger partial charge in [-0.3, -0.25) is 0 Å². The third kappa shape index (κ3) is 7.70. The van der Waals surface area contributed by atoms with Crippen LogP contribution in [0.4, 0.5) is 34.1 Å². The van der Waals surface area contributed by atoms with E-state index in [2.05, 4.69) is 207 Å². The third-order valence-electron chi connectivity index (χ3n) is 14.7. The van der Waals surface area contributed by atoms with Crippen LogP contribution in [0.1, 0.15) is 91.7 Å². The van der Waals surface area contributed by atoms with Gasteiger partial charge < -0.3 is 9.80 Å². The molecular formula is C60H60N2. The normalized spacial score (nSPS) is 21.1. The monoisotopic (exact) mass is 808 g/mol. The molecule has 0 spiro atoms. The van der Waals surface area contributed by atoms with Crippen molar-refractivity contribution in [2.24, 2.45) is 11.8 Å². The van der Waals surface area contributed by atoms with Gasteiger partial charge in [0.1, 0.15) is 0 Å². The van der Waals surface area contributed by atoms with E-state index in [4.69, 9.17) is 0 Å². The summed E-state index contributed by atoms with van der Waals surface area (Å²) in [6, 6.07) is 64.3. The lowest BCUT2D eigenvalue weighted by atomic mass is 9.42. The quantitative estimate of drug-likeness (QED) is 0.114. The van der Waals surface area contributed by atoms with E-state index in [-0.39, 0.29) is 10.8 Å². The standard InChI is InChI=1S/C60H60N2/c1-5-7-8-46-15-29-55(30-16-46)62(58-35-23-52(24-36-58)60-40-47-37-48(41-60)39-59(38-47,42-60)51-21-13-45(6-2)14-22-51)57-33-19-50(20-34-57)49-17-31-56(32-18-49)61(53-25-9-43(3)10-26-53)54-27-11-44(4)12-28-54/h6,9-36,47-48H,2,5,7-8,37-42H2,1,3-4H3. The largest absolute Gasteiger partial charge is 0.311 e. The highest BCUT2D eigenvalue weighted by Gasteiger charge is 2.58. The smallest absolute Gasteiger partial charge is 0.0462 e. The predicted octanol–water partition coefficient (Wildman–Crippen LogP) is 16.7. The van der Waals surface area contributed by atoms with Gasteiger partial charge in [-0.2, -0.15) is 0 Å². The van der Waals surface area contributed by atoms with Crippen molar-refractivity contribution in [1.29, 1.82) is 0 Å². The highest BCUT2D eigenvalue weighted by molar-refractivity contribution is 5.81. The van der Waals surface area contributed by atoms with E-state index in [9.17, 15) is 0 Å². The van der Waals surface area contributed by atoms with E-state index in [0.29, 0.717) is 0 Å². The number of benzene rings is 7. The summed E-state index contributed by atoms with van der Waals surface area (Å²) in [5, 5.41) is 0. The Balaban J connectivity index is 0.948. The fourth-order valence-electron chi connectivity index (χ4n) is 12.0. The van der Waals surface area contributed by atoms with Crippen LogP contribution in [0, 0.1) is 25.7 Å². The van der Waals surface area contributed by atoms with Crippen LogP contribution in [0.15, 0.2) is 176 Å². The fourth-order valence-corrected chi connectivity index (χ4v) is 12.0. The Bertz CT molecular complexity index is 2560. The molecule has 0 N–H and O–H groups in total. The molecule has 4 bridgehead atoms. The summed E-state index contributed by atoms with van der Waals surface area (Å²) in [7, 11) is 0. The molecule has 4 aliphatic rings. The zero-order valence-corrected chi connectivity index (χ0v) is 36.9. The molecule has 4 aliphatic carbocycles. The molecule has 0 radical (unpaired) electrons. The molecule has 7 aromatic carbocycles. The first kappa shape index (κ1) is 40.0. The second-order valence-corrected chi connectivity index (χ2v) is 19.1. The molecule has 62 heavy (non-hydrogen) atoms. The number of rotatable bonds is 13. The number of aryl methyl sites for hydroxylation is 3. The molecule has 0 aliphatic heterocycles. The second-order valence-electron chi connectivity index (χ2n) is 19.1. The van der Waals surface area contributed by atoms with Gasteiger partial charge in [0.25, 0.3) is 0 Å². The van der Waals surface area contributed by atoms with Crippen molar-refractivity contribution in [3.05, 3.63) is 210 Å². The van der Waals surface area contributed by atoms with E-state index in [1.54, 1.807) is 11.1 Å². The number of nitrogens with zero attached hydrogens (tertiary/aromatic N) is 2. The summed E-state index contributed by atoms with van der Waals surface area (Å²) in [4.78, 5) is 4.79. The summed E-state index contributed by atoms with van der Waals surface area (Å²) in [6.07, 6.45) is 13.5. The van der Waals surface area contributed by atoms with Crippen molar-refractivity contribution >= 4 is 40.2 Å². The highest BCUT2D eigenvalue weighted by atomic mass is 15.1. The lowest BCUT2D eigenvalue weighted by Crippen LogP contribution is -2.55. The lowest BCUT2D eigenvalue weighted by molar-refractivity contribution is -0.0281. The topological polar surface area (TPSA) is 6.48 Å². The first-order chi connectivity index (χ1) is 30.3. The molecule has 4 fully saturated rings. The van der Waals surface area contributed by atoms with E-state index in [0.717, 1.165) is 35.3 Å². The van der Waals surface area contributed by atoms with Gasteiger partial charge in [0.2, 0.25) is 0 Å². The molecule has 0 aromatic heterocycles. The molecule has 2 unspecified atom stereocenters. The summed E-state index contributed by atoms with van der Waals surface area (Å²) in [5.41, 5.74) is 18.2. The average molecular weight is 809 g/mol. The molecule has 2 atom stereocenters. The molecule has 0 amide bonds. The minimum absolute atomic E-state index is 0.250. The Morgan fingerprint density at radius 2 is 0.839 bits per heavy atom. The average Bonchev–Trinajstić information content (AvgIpc) is 3.30. The fraction of sp³-hybridized carbons (Fsp3) is 0.267. The third-order valence-corrected chi connectivity index (χ3v) is 14.7. The van der Waals surface area contributed by atoms with E-state index < -0.39 is 0 Å². The summed E-state index contributed by atoms with van der Waals surface area (Å²) < 4.78 is 0. The number of hydrogen-bond acceptors (Lipinski definition) is 2. The SMILES string of the molecule is C=Cc1ccc(C23CC4CC(C2)CC(c2ccc(N(c5ccc(CCCC)cc5)c5ccc(-c6ccc(N(c7ccc(C)cc7)c7ccc(C)cc7)cc6)cc5)cc2)(C4)C3)cc1. The summed E-state index contributed by atoms with van der Waals surface area (Å²) >= 11 is 0. The summed E-state index contributed by atoms with van der Waals surface area (Å²) in [6.45, 7) is 10.6. The van der Waals surface area contributed by atoms with Gasteiger partial charge in [-0.15, -0.1) is 0 Å². The van der Waals surface area contributed by atoms with Gasteiger partial charge >= 0.3 is 0 Å². The zero-order chi connectivity index (χ0) is 42.3. The van der Waals surface area contributed by atoms with Gasteiger partial charge in [-0.05, 0) is 194 Å². The van der Waals surface area contributed by atoms with Crippen LogP contribution in [0.5, 0.6) is 0 Å². The van der Waals surface area contributed by atoms with Gasteiger partial charge in [-0.1, -0.05) is 134 Å². The van der Waals surface area contributed by atoms with Crippen LogP contribution in [0.25, 0.3) is 17.2 Å². The van der Waals surface area contributed by atoms with E-state index in [1.807, 2.05) is 6.08 Å². The highest BCUT2D eigenvalue weighted by Crippen LogP contribution is 2.66. The van der Waals surface area contributed by atoms with Gasteiger partial charge in [0.15, 0.2) is 0 Å². The van der Waals surface area contributed by atoms with Crippen LogP contribution in [-0.4, -0.2) is 0 Å². The maximum absolute atomic E-state index is 4.01. The maximum Gasteiger partial charge on any atom is 0.0462 e. The molecule has 4 saturated carbocycles. The summed E-state index contributed by atoms with van der Waals surface area (Å²) in [5.74, 6) is 1.63. The van der Waals surface area contributed by atoms with Crippen LogP contribution in [-0.2, 0) is 17.3 Å². The Labute approximate surface area is 370 Å². The van der Waals surface area contributed by atoms with E-state index in [1.165, 1.54) is 102 Å². The molecule has 2 heteroatoms. The second kappa shape index (κ2) is 16.6. The minimum Gasteiger partial charge on any atom is -0.311 e. The molecule has 7 aromatic rings. The molecule has 2 nitrogen and oxygen atoms in total. The first-order valence-electron chi connectivity index (χ1n) is 23.2. The van der Waals surface area contributed by atoms with Crippen molar-refractivity contribution in [3.63, 3.8) is 0 Å². The predicted molar refractivity (Wildman–Crippen MR) is 264 cm³/mol. The minimum atomic E-state index is 0.250. The van der Waals surface area contributed by atoms with Crippen molar-refractivity contribution < 1.29 is 0 Å². The van der Waals surface area contributed by atoms with Crippen LogP contribution < -0.4 is 9.80 Å². The van der Waals surface area contributed by atoms with Gasteiger partial charge in [-0.25, -0.2) is 0 Å². The van der Waals surface area contributed by atoms with Gasteiger partial charge in [0.05, 0.1) is 0 Å². The molecule has 0 heterocycles. The first-order valence-corrected chi connectivity index (χ1v) is 23.2. The van der Waals surface area contributed by atoms with Crippen LogP contribution >= 0.6 is 0 Å². The molecule has 0 saturated heterocycles. The van der Waals surface area contributed by atoms with Crippen molar-refractivity contribution in [3.8, 4) is 11.1 Å². The van der Waals surface area contributed by atoms with Gasteiger partial charge in [0, 0.05) is 34.1 Å². The number of unbranched alkanes of at least 4 members (excludes halogenated alkanes) is 1. The van der Waals surface area contributed by atoms with Crippen molar-refractivity contribution in [2.75, 3.05) is 9.80 Å². The number of anilines is 6.